The number of nitrogens with two attached hydrogens (primary N) is 1. The molecule has 1 fully saturated rings. The maximum Gasteiger partial charge on any atom is 0.250 e. The number of aromatic amines is 1. The van der Waals surface area contributed by atoms with Crippen LogP contribution in [0, 0.1) is 5.82 Å². The quantitative estimate of drug-likeness (QED) is 0.274. The molecule has 0 saturated carbocycles. The normalized spacial score (nSPS) is 15.3. The number of hydrogen-bond donors (Lipinski definition) is 3. The molecule has 0 bridgehead atoms. The smallest absolute Gasteiger partial charge is 0.250 e. The Morgan fingerprint density at radius 1 is 1.12 bits per heavy atom. The number of carbonyl (C=O) groups excluding carboxylic acids is 1. The first-order valence-electron chi connectivity index (χ1n) is 13.2. The highest BCUT2D eigenvalue weighted by Crippen LogP contribution is 2.43. The number of nitrogens with zero attached hydrogens (tertiary/aromatic N) is 3. The van der Waals surface area contributed by atoms with Crippen LogP contribution in [-0.4, -0.2) is 82.4 Å². The average Bonchev–Trinajstić information content (AvgIpc) is 3.36. The Bertz CT molecular complexity index is 1700. The molecule has 0 aliphatic carbocycles. The molecule has 216 valence electrons. The lowest BCUT2D eigenvalue weighted by atomic mass is 9.97. The molecule has 12 heteroatoms. The fraction of sp³-hybridized carbons (Fsp3) is 0.310. The van der Waals surface area contributed by atoms with Crippen LogP contribution < -0.4 is 16.0 Å². The number of H-pyrrole nitrogens is 1. The molecule has 1 unspecified atom stereocenters. The molecule has 1 aromatic heterocycles. The minimum atomic E-state index is -4.03. The van der Waals surface area contributed by atoms with Crippen molar-refractivity contribution in [2.24, 2.45) is 5.73 Å². The third kappa shape index (κ3) is 5.63. The molecule has 41 heavy (non-hydrogen) atoms. The lowest BCUT2D eigenvalue weighted by molar-refractivity contribution is 0.100. The number of aromatic nitrogens is 2. The molecule has 10 nitrogen and oxygen atoms in total. The van der Waals surface area contributed by atoms with Gasteiger partial charge in [0.2, 0.25) is 9.84 Å². The van der Waals surface area contributed by atoms with Crippen LogP contribution in [0.25, 0.3) is 22.2 Å². The summed E-state index contributed by atoms with van der Waals surface area (Å²) >= 11 is 0. The molecule has 4 aromatic rings. The number of hydrogen-bond acceptors (Lipinski definition) is 8. The van der Waals surface area contributed by atoms with Crippen LogP contribution in [0.3, 0.4) is 0 Å². The number of sulfone groups is 1. The first-order chi connectivity index (χ1) is 19.6. The Labute approximate surface area is 238 Å². The number of benzene rings is 3. The van der Waals surface area contributed by atoms with Gasteiger partial charge in [0.1, 0.15) is 11.5 Å². The predicted molar refractivity (Wildman–Crippen MR) is 157 cm³/mol. The monoisotopic (exact) mass is 580 g/mol. The lowest BCUT2D eigenvalue weighted by Crippen LogP contribution is -2.44. The molecule has 4 N–H and O–H groups in total. The van der Waals surface area contributed by atoms with Gasteiger partial charge in [-0.15, -0.1) is 0 Å². The average molecular weight is 581 g/mol. The highest BCUT2D eigenvalue weighted by atomic mass is 32.2. The number of ether oxygens (including phenoxy) is 1. The van der Waals surface area contributed by atoms with Gasteiger partial charge in [0.05, 0.1) is 38.7 Å². The summed E-state index contributed by atoms with van der Waals surface area (Å²) in [4.78, 5) is 16.9. The van der Waals surface area contributed by atoms with Crippen molar-refractivity contribution in [1.82, 2.24) is 15.1 Å². The van der Waals surface area contributed by atoms with Crippen molar-refractivity contribution >= 4 is 38.0 Å². The van der Waals surface area contributed by atoms with E-state index in [9.17, 15) is 17.6 Å². The largest absolute Gasteiger partial charge is 0.383 e. The molecular weight excluding hydrogens is 547 g/mol. The number of nitrogens with one attached hydrogen (secondary N) is 2. The van der Waals surface area contributed by atoms with Gasteiger partial charge in [-0.25, -0.2) is 12.8 Å². The second-order valence-corrected chi connectivity index (χ2v) is 12.2. The van der Waals surface area contributed by atoms with Gasteiger partial charge < -0.3 is 25.6 Å². The van der Waals surface area contributed by atoms with Crippen LogP contribution in [-0.2, 0) is 14.6 Å². The van der Waals surface area contributed by atoms with Crippen molar-refractivity contribution in [2.75, 3.05) is 57.2 Å². The van der Waals surface area contributed by atoms with E-state index in [0.29, 0.717) is 34.5 Å². The third-order valence-electron chi connectivity index (χ3n) is 7.29. The highest BCUT2D eigenvalue weighted by Gasteiger charge is 2.28. The summed E-state index contributed by atoms with van der Waals surface area (Å²) in [5.41, 5.74) is 9.12. The minimum Gasteiger partial charge on any atom is -0.383 e. The second-order valence-electron chi connectivity index (χ2n) is 10.3. The fourth-order valence-electron chi connectivity index (χ4n) is 5.16. The summed E-state index contributed by atoms with van der Waals surface area (Å²) in [5, 5.41) is 11.6. The SMILES string of the molecule is COCC(C)Nc1c(C(N)=O)ccc(N2CCN(C)CC2)c1-c1n[nH]c2ccc(S(=O)(=O)c3cccc(F)c3)cc12. The Hall–Kier alpha value is -4.00. The van der Waals surface area contributed by atoms with E-state index in [1.165, 1.54) is 30.3 Å². The summed E-state index contributed by atoms with van der Waals surface area (Å²) < 4.78 is 46.2. The molecule has 0 spiro atoms. The molecule has 1 aliphatic rings. The van der Waals surface area contributed by atoms with Gasteiger partial charge in [0, 0.05) is 50.4 Å². The third-order valence-corrected chi connectivity index (χ3v) is 9.04. The highest BCUT2D eigenvalue weighted by molar-refractivity contribution is 7.91. The summed E-state index contributed by atoms with van der Waals surface area (Å²) in [7, 11) is -0.370. The number of rotatable bonds is 9. The van der Waals surface area contributed by atoms with Gasteiger partial charge in [-0.3, -0.25) is 9.89 Å². The molecule has 0 radical (unpaired) electrons. The zero-order valence-corrected chi connectivity index (χ0v) is 24.0. The number of primary amides is 1. The predicted octanol–water partition coefficient (Wildman–Crippen LogP) is 3.50. The summed E-state index contributed by atoms with van der Waals surface area (Å²) in [6.45, 7) is 5.47. The molecule has 5 rings (SSSR count). The fourth-order valence-corrected chi connectivity index (χ4v) is 6.47. The van der Waals surface area contributed by atoms with Crippen molar-refractivity contribution < 1.29 is 22.3 Å². The molecule has 2 heterocycles. The van der Waals surface area contributed by atoms with E-state index in [1.54, 1.807) is 19.2 Å². The molecule has 1 saturated heterocycles. The molecular formula is C29H33FN6O4S. The lowest BCUT2D eigenvalue weighted by Gasteiger charge is -2.36. The van der Waals surface area contributed by atoms with Crippen molar-refractivity contribution in [3.05, 3.63) is 66.0 Å². The van der Waals surface area contributed by atoms with Gasteiger partial charge in [-0.2, -0.15) is 5.10 Å². The van der Waals surface area contributed by atoms with E-state index in [-0.39, 0.29) is 21.4 Å². The van der Waals surface area contributed by atoms with E-state index in [2.05, 4.69) is 32.4 Å². The zero-order chi connectivity index (χ0) is 29.3. The van der Waals surface area contributed by atoms with Crippen LogP contribution in [0.15, 0.2) is 64.4 Å². The van der Waals surface area contributed by atoms with E-state index in [1.807, 2.05) is 13.0 Å². The number of likely N-dealkylation sites (N-methyl/N-ethyl adjacent to an activating group) is 1. The summed E-state index contributed by atoms with van der Waals surface area (Å²) in [6.07, 6.45) is 0. The van der Waals surface area contributed by atoms with Crippen molar-refractivity contribution in [3.8, 4) is 11.3 Å². The number of halogens is 1. The van der Waals surface area contributed by atoms with Crippen LogP contribution >= 0.6 is 0 Å². The Morgan fingerprint density at radius 3 is 2.54 bits per heavy atom. The Balaban J connectivity index is 1.74. The molecule has 1 atom stereocenters. The summed E-state index contributed by atoms with van der Waals surface area (Å²) in [5.74, 6) is -1.25. The first kappa shape index (κ1) is 28.5. The number of methoxy groups -OCH3 is 1. The van der Waals surface area contributed by atoms with Crippen LogP contribution in [0.5, 0.6) is 0 Å². The van der Waals surface area contributed by atoms with Gasteiger partial charge in [0.15, 0.2) is 0 Å². The van der Waals surface area contributed by atoms with E-state index in [0.717, 1.165) is 37.9 Å². The standard InChI is InChI=1S/C29H33FN6O4S/c1-18(17-40-3)32-27-22(29(31)37)8-10-25(36-13-11-35(2)12-14-36)26(27)28-23-16-21(7-9-24(23)33-34-28)41(38,39)20-6-4-5-19(30)15-20/h4-10,15-16,18,32H,11-14,17H2,1-3H3,(H2,31,37)(H,33,34). The van der Waals surface area contributed by atoms with Crippen LogP contribution in [0.2, 0.25) is 0 Å². The zero-order valence-electron chi connectivity index (χ0n) is 23.1. The van der Waals surface area contributed by atoms with Gasteiger partial charge in [-0.05, 0) is 62.5 Å². The Morgan fingerprint density at radius 2 is 1.85 bits per heavy atom. The van der Waals surface area contributed by atoms with Crippen molar-refractivity contribution in [1.29, 1.82) is 0 Å². The van der Waals surface area contributed by atoms with Gasteiger partial charge in [-0.1, -0.05) is 6.07 Å². The minimum absolute atomic E-state index is 0.00675. The second kappa shape index (κ2) is 11.5. The molecule has 3 aromatic carbocycles. The van der Waals surface area contributed by atoms with Crippen LogP contribution in [0.1, 0.15) is 17.3 Å². The maximum absolute atomic E-state index is 13.9. The van der Waals surface area contributed by atoms with Gasteiger partial charge >= 0.3 is 0 Å². The molecule has 1 amide bonds. The summed E-state index contributed by atoms with van der Waals surface area (Å²) in [6, 6.07) is 12.9. The Kier molecular flexibility index (Phi) is 7.98. The van der Waals surface area contributed by atoms with E-state index >= 15 is 0 Å². The van der Waals surface area contributed by atoms with Gasteiger partial charge in [0.25, 0.3) is 5.91 Å². The topological polar surface area (TPSA) is 134 Å². The maximum atomic E-state index is 13.9. The number of piperazine rings is 1. The van der Waals surface area contributed by atoms with Crippen molar-refractivity contribution in [2.45, 2.75) is 22.8 Å². The van der Waals surface area contributed by atoms with Crippen molar-refractivity contribution in [3.63, 3.8) is 0 Å². The van der Waals surface area contributed by atoms with Crippen LogP contribution in [0.4, 0.5) is 15.8 Å². The number of anilines is 2. The van der Waals surface area contributed by atoms with E-state index in [4.69, 9.17) is 10.5 Å². The number of amides is 1. The molecule has 1 aliphatic heterocycles. The first-order valence-corrected chi connectivity index (χ1v) is 14.7. The number of carbonyl (C=O) groups is 1. The van der Waals surface area contributed by atoms with E-state index < -0.39 is 21.6 Å². The number of fused-ring (bicyclic) bond motifs is 1.